The molecule has 0 fully saturated rings. The highest BCUT2D eigenvalue weighted by atomic mass is 16.1. The molecule has 0 amide bonds. The van der Waals surface area contributed by atoms with E-state index in [4.69, 9.17) is 0 Å². The van der Waals surface area contributed by atoms with E-state index in [0.29, 0.717) is 0 Å². The van der Waals surface area contributed by atoms with Crippen molar-refractivity contribution in [2.24, 2.45) is 0 Å². The van der Waals surface area contributed by atoms with Gasteiger partial charge in [-0.25, -0.2) is 0 Å². The first kappa shape index (κ1) is 17.1. The lowest BCUT2D eigenvalue weighted by molar-refractivity contribution is 0.0972. The second-order valence-corrected chi connectivity index (χ2v) is 6.51. The van der Waals surface area contributed by atoms with E-state index < -0.39 is 0 Å². The summed E-state index contributed by atoms with van der Waals surface area (Å²) in [5.74, 6) is -0.138. The molecule has 0 heterocycles. The van der Waals surface area contributed by atoms with E-state index >= 15 is 0 Å². The molecule has 2 heteroatoms. The van der Waals surface area contributed by atoms with Crippen molar-refractivity contribution in [2.75, 3.05) is 14.1 Å². The molecule has 0 atom stereocenters. The van der Waals surface area contributed by atoms with Crippen molar-refractivity contribution >= 4 is 5.78 Å². The summed E-state index contributed by atoms with van der Waals surface area (Å²) < 4.78 is 0. The van der Waals surface area contributed by atoms with Gasteiger partial charge in [0.1, 0.15) is 0 Å². The third-order valence-corrected chi connectivity index (χ3v) is 4.30. The van der Waals surface area contributed by atoms with E-state index in [1.165, 1.54) is 0 Å². The van der Waals surface area contributed by atoms with Crippen LogP contribution in [0.15, 0.2) is 84.9 Å². The minimum absolute atomic E-state index is 0.148. The average molecular weight is 329 g/mol. The van der Waals surface area contributed by atoms with Crippen LogP contribution < -0.4 is 0 Å². The molecule has 0 aliphatic rings. The fourth-order valence-corrected chi connectivity index (χ4v) is 3.18. The van der Waals surface area contributed by atoms with Gasteiger partial charge in [0.25, 0.3) is 0 Å². The fourth-order valence-electron chi connectivity index (χ4n) is 3.18. The monoisotopic (exact) mass is 329 g/mol. The predicted octanol–water partition coefficient (Wildman–Crippen LogP) is 4.76. The number of hydrogen-bond donors (Lipinski definition) is 0. The molecule has 0 spiro atoms. The molecule has 3 aromatic carbocycles. The van der Waals surface area contributed by atoms with Gasteiger partial charge < -0.3 is 4.90 Å². The zero-order valence-corrected chi connectivity index (χ0v) is 14.7. The minimum atomic E-state index is -0.286. The first-order valence-electron chi connectivity index (χ1n) is 8.53. The number of benzene rings is 3. The zero-order chi connectivity index (χ0) is 17.6. The van der Waals surface area contributed by atoms with Crippen LogP contribution in [0.2, 0.25) is 0 Å². The number of hydrogen-bond acceptors (Lipinski definition) is 2. The van der Waals surface area contributed by atoms with Crippen LogP contribution in [-0.4, -0.2) is 24.8 Å². The van der Waals surface area contributed by atoms with Crippen molar-refractivity contribution in [1.82, 2.24) is 4.90 Å². The molecule has 0 aliphatic heterocycles. The number of rotatable bonds is 6. The summed E-state index contributed by atoms with van der Waals surface area (Å²) in [5, 5.41) is 0. The Morgan fingerprint density at radius 1 is 0.760 bits per heavy atom. The Morgan fingerprint density at radius 3 is 1.76 bits per heavy atom. The van der Waals surface area contributed by atoms with Crippen LogP contribution in [0.1, 0.15) is 33.0 Å². The lowest BCUT2D eigenvalue weighted by Gasteiger charge is -2.20. The van der Waals surface area contributed by atoms with Crippen LogP contribution >= 0.6 is 0 Å². The van der Waals surface area contributed by atoms with Gasteiger partial charge in [0, 0.05) is 12.1 Å². The van der Waals surface area contributed by atoms with Gasteiger partial charge in [-0.1, -0.05) is 84.9 Å². The zero-order valence-electron chi connectivity index (χ0n) is 14.7. The summed E-state index contributed by atoms with van der Waals surface area (Å²) in [6, 6.07) is 28.0. The summed E-state index contributed by atoms with van der Waals surface area (Å²) in [6.07, 6.45) is 0. The maximum atomic E-state index is 13.5. The SMILES string of the molecule is CN(C)Cc1ccccc1C(=O)C(c1ccccc1)c1ccccc1. The van der Waals surface area contributed by atoms with Crippen LogP contribution in [0.3, 0.4) is 0 Å². The van der Waals surface area contributed by atoms with Crippen LogP contribution in [0, 0.1) is 0 Å². The molecule has 3 aromatic rings. The Kier molecular flexibility index (Phi) is 5.42. The number of ketones is 1. The highest BCUT2D eigenvalue weighted by Crippen LogP contribution is 2.29. The van der Waals surface area contributed by atoms with Gasteiger partial charge in [-0.3, -0.25) is 4.79 Å². The summed E-state index contributed by atoms with van der Waals surface area (Å²) in [7, 11) is 4.04. The highest BCUT2D eigenvalue weighted by Gasteiger charge is 2.25. The Bertz CT molecular complexity index is 785. The molecular formula is C23H23NO. The quantitative estimate of drug-likeness (QED) is 0.608. The van der Waals surface area contributed by atoms with E-state index in [0.717, 1.165) is 28.8 Å². The normalized spacial score (nSPS) is 11.0. The van der Waals surface area contributed by atoms with E-state index in [-0.39, 0.29) is 11.7 Å². The lowest BCUT2D eigenvalue weighted by atomic mass is 9.83. The van der Waals surface area contributed by atoms with Gasteiger partial charge in [-0.2, -0.15) is 0 Å². The van der Waals surface area contributed by atoms with Gasteiger partial charge in [0.05, 0.1) is 5.92 Å². The van der Waals surface area contributed by atoms with Crippen molar-refractivity contribution < 1.29 is 4.79 Å². The summed E-state index contributed by atoms with van der Waals surface area (Å²) in [6.45, 7) is 0.748. The van der Waals surface area contributed by atoms with Gasteiger partial charge >= 0.3 is 0 Å². The Labute approximate surface area is 149 Å². The molecule has 0 unspecified atom stereocenters. The van der Waals surface area contributed by atoms with Gasteiger partial charge in [0.15, 0.2) is 5.78 Å². The minimum Gasteiger partial charge on any atom is -0.305 e. The molecule has 0 radical (unpaired) electrons. The van der Waals surface area contributed by atoms with Gasteiger partial charge in [0.2, 0.25) is 0 Å². The molecular weight excluding hydrogens is 306 g/mol. The van der Waals surface area contributed by atoms with Crippen molar-refractivity contribution in [2.45, 2.75) is 12.5 Å². The van der Waals surface area contributed by atoms with E-state index in [1.54, 1.807) is 0 Å². The molecule has 2 nitrogen and oxygen atoms in total. The van der Waals surface area contributed by atoms with Crippen LogP contribution in [-0.2, 0) is 6.54 Å². The second-order valence-electron chi connectivity index (χ2n) is 6.51. The Morgan fingerprint density at radius 2 is 1.24 bits per heavy atom. The van der Waals surface area contributed by atoms with Crippen molar-refractivity contribution in [3.05, 3.63) is 107 Å². The fraction of sp³-hybridized carbons (Fsp3) is 0.174. The molecule has 3 rings (SSSR count). The van der Waals surface area contributed by atoms with Crippen LogP contribution in [0.4, 0.5) is 0 Å². The average Bonchev–Trinajstić information content (AvgIpc) is 2.63. The third kappa shape index (κ3) is 4.04. The van der Waals surface area contributed by atoms with Gasteiger partial charge in [-0.05, 0) is 30.8 Å². The number of carbonyl (C=O) groups excluding carboxylic acids is 1. The highest BCUT2D eigenvalue weighted by molar-refractivity contribution is 6.04. The van der Waals surface area contributed by atoms with Crippen molar-refractivity contribution in [3.8, 4) is 0 Å². The molecule has 126 valence electrons. The molecule has 0 saturated heterocycles. The van der Waals surface area contributed by atoms with Crippen molar-refractivity contribution in [3.63, 3.8) is 0 Å². The maximum absolute atomic E-state index is 13.5. The first-order chi connectivity index (χ1) is 12.2. The Balaban J connectivity index is 2.07. The molecule has 0 saturated carbocycles. The largest absolute Gasteiger partial charge is 0.305 e. The molecule has 0 bridgehead atoms. The third-order valence-electron chi connectivity index (χ3n) is 4.30. The summed E-state index contributed by atoms with van der Waals surface area (Å²) in [5.41, 5.74) is 3.92. The first-order valence-corrected chi connectivity index (χ1v) is 8.53. The van der Waals surface area contributed by atoms with E-state index in [2.05, 4.69) is 4.90 Å². The van der Waals surface area contributed by atoms with Crippen LogP contribution in [0.5, 0.6) is 0 Å². The smallest absolute Gasteiger partial charge is 0.175 e. The maximum Gasteiger partial charge on any atom is 0.175 e. The lowest BCUT2D eigenvalue weighted by Crippen LogP contribution is -2.19. The van der Waals surface area contributed by atoms with Crippen LogP contribution in [0.25, 0.3) is 0 Å². The molecule has 25 heavy (non-hydrogen) atoms. The standard InChI is InChI=1S/C23H23NO/c1-24(2)17-20-15-9-10-16-21(20)23(25)22(18-11-5-3-6-12-18)19-13-7-4-8-14-19/h3-16,22H,17H2,1-2H3. The topological polar surface area (TPSA) is 20.3 Å². The van der Waals surface area contributed by atoms with Crippen molar-refractivity contribution in [1.29, 1.82) is 0 Å². The number of Topliss-reactive ketones (excluding diaryl/α,β-unsaturated/α-hetero) is 1. The van der Waals surface area contributed by atoms with Gasteiger partial charge in [-0.15, -0.1) is 0 Å². The summed E-state index contributed by atoms with van der Waals surface area (Å²) >= 11 is 0. The predicted molar refractivity (Wildman–Crippen MR) is 103 cm³/mol. The van der Waals surface area contributed by atoms with E-state index in [9.17, 15) is 4.79 Å². The summed E-state index contributed by atoms with van der Waals surface area (Å²) in [4.78, 5) is 15.6. The Hall–Kier alpha value is -2.71. The molecule has 0 aromatic heterocycles. The van der Waals surface area contributed by atoms with E-state index in [1.807, 2.05) is 99.0 Å². The molecule has 0 N–H and O–H groups in total. The number of nitrogens with zero attached hydrogens (tertiary/aromatic N) is 1. The second kappa shape index (κ2) is 7.91. The molecule has 0 aliphatic carbocycles. The number of carbonyl (C=O) groups is 1.